The SMILES string of the molecule is CCOC(=O)COc1ccc(N2CCN(C(=O)OC(C)(C)C)C[C@H]2C)c(N)c1. The quantitative estimate of drug-likeness (QED) is 0.607. The molecule has 1 amide bonds. The minimum Gasteiger partial charge on any atom is -0.482 e. The zero-order chi connectivity index (χ0) is 20.9. The van der Waals surface area contributed by atoms with E-state index in [0.717, 1.165) is 5.69 Å². The summed E-state index contributed by atoms with van der Waals surface area (Å²) in [6.45, 7) is 11.3. The van der Waals surface area contributed by atoms with Crippen LogP contribution in [0.15, 0.2) is 18.2 Å². The molecule has 8 heteroatoms. The number of benzene rings is 1. The monoisotopic (exact) mass is 393 g/mol. The third-order valence-electron chi connectivity index (χ3n) is 4.25. The van der Waals surface area contributed by atoms with Crippen LogP contribution in [-0.4, -0.2) is 61.5 Å². The molecule has 0 saturated carbocycles. The number of esters is 1. The number of amides is 1. The van der Waals surface area contributed by atoms with Gasteiger partial charge in [0.1, 0.15) is 11.4 Å². The molecule has 1 aromatic carbocycles. The number of nitrogens with two attached hydrogens (primary N) is 1. The number of carbonyl (C=O) groups is 2. The fourth-order valence-corrected chi connectivity index (χ4v) is 3.04. The Morgan fingerprint density at radius 1 is 1.25 bits per heavy atom. The zero-order valence-electron chi connectivity index (χ0n) is 17.4. The van der Waals surface area contributed by atoms with E-state index in [2.05, 4.69) is 4.90 Å². The lowest BCUT2D eigenvalue weighted by molar-refractivity contribution is -0.145. The topological polar surface area (TPSA) is 94.3 Å². The molecule has 1 atom stereocenters. The minimum atomic E-state index is -0.513. The van der Waals surface area contributed by atoms with Crippen molar-refractivity contribution in [1.82, 2.24) is 4.90 Å². The molecule has 2 N–H and O–H groups in total. The van der Waals surface area contributed by atoms with Gasteiger partial charge in [-0.05, 0) is 46.8 Å². The van der Waals surface area contributed by atoms with Crippen LogP contribution in [0.2, 0.25) is 0 Å². The van der Waals surface area contributed by atoms with Crippen LogP contribution in [-0.2, 0) is 14.3 Å². The molecule has 0 unspecified atom stereocenters. The summed E-state index contributed by atoms with van der Waals surface area (Å²) in [5.74, 6) is 0.0892. The molecule has 2 rings (SSSR count). The van der Waals surface area contributed by atoms with Gasteiger partial charge in [0.25, 0.3) is 0 Å². The van der Waals surface area contributed by atoms with Gasteiger partial charge in [-0.25, -0.2) is 9.59 Å². The highest BCUT2D eigenvalue weighted by Crippen LogP contribution is 2.30. The molecule has 0 aliphatic carbocycles. The number of anilines is 2. The van der Waals surface area contributed by atoms with Crippen molar-refractivity contribution in [3.05, 3.63) is 18.2 Å². The standard InChI is InChI=1S/C20H31N3O5/c1-6-26-18(24)13-27-15-7-8-17(16(21)11-15)23-10-9-22(12-14(23)2)19(25)28-20(3,4)5/h7-8,11,14H,6,9-10,12-13,21H2,1-5H3/t14-/m1/s1. The Hall–Kier alpha value is -2.64. The molecule has 28 heavy (non-hydrogen) atoms. The van der Waals surface area contributed by atoms with Gasteiger partial charge in [-0.1, -0.05) is 0 Å². The molecular formula is C20H31N3O5. The molecule has 0 radical (unpaired) electrons. The van der Waals surface area contributed by atoms with Gasteiger partial charge in [-0.15, -0.1) is 0 Å². The van der Waals surface area contributed by atoms with Gasteiger partial charge < -0.3 is 29.7 Å². The Balaban J connectivity index is 1.98. The van der Waals surface area contributed by atoms with Crippen LogP contribution < -0.4 is 15.4 Å². The van der Waals surface area contributed by atoms with E-state index >= 15 is 0 Å². The number of carbonyl (C=O) groups excluding carboxylic acids is 2. The maximum Gasteiger partial charge on any atom is 0.410 e. The van der Waals surface area contributed by atoms with Crippen LogP contribution in [0.4, 0.5) is 16.2 Å². The summed E-state index contributed by atoms with van der Waals surface area (Å²) in [6, 6.07) is 5.42. The van der Waals surface area contributed by atoms with Crippen molar-refractivity contribution in [2.24, 2.45) is 0 Å². The fraction of sp³-hybridized carbons (Fsp3) is 0.600. The predicted molar refractivity (Wildman–Crippen MR) is 108 cm³/mol. The first-order chi connectivity index (χ1) is 13.1. The van der Waals surface area contributed by atoms with Gasteiger partial charge in [0.15, 0.2) is 6.61 Å². The van der Waals surface area contributed by atoms with Crippen LogP contribution in [0.3, 0.4) is 0 Å². The first kappa shape index (κ1) is 21.7. The maximum absolute atomic E-state index is 12.3. The number of rotatable bonds is 5. The van der Waals surface area contributed by atoms with E-state index in [0.29, 0.717) is 37.7 Å². The van der Waals surface area contributed by atoms with Crippen LogP contribution in [0.25, 0.3) is 0 Å². The number of hydrogen-bond acceptors (Lipinski definition) is 7. The molecule has 0 spiro atoms. The summed E-state index contributed by atoms with van der Waals surface area (Å²) in [5.41, 5.74) is 7.13. The highest BCUT2D eigenvalue weighted by molar-refractivity contribution is 5.73. The molecule has 1 heterocycles. The van der Waals surface area contributed by atoms with Crippen molar-refractivity contribution in [3.63, 3.8) is 0 Å². The van der Waals surface area contributed by atoms with E-state index in [1.807, 2.05) is 33.8 Å². The number of nitrogens with zero attached hydrogens (tertiary/aromatic N) is 2. The maximum atomic E-state index is 12.3. The highest BCUT2D eigenvalue weighted by atomic mass is 16.6. The lowest BCUT2D eigenvalue weighted by Crippen LogP contribution is -2.54. The lowest BCUT2D eigenvalue weighted by atomic mass is 10.1. The summed E-state index contributed by atoms with van der Waals surface area (Å²) in [4.78, 5) is 27.6. The van der Waals surface area contributed by atoms with E-state index in [-0.39, 0.29) is 18.7 Å². The summed E-state index contributed by atoms with van der Waals surface area (Å²) in [6.07, 6.45) is -0.297. The van der Waals surface area contributed by atoms with Gasteiger partial charge in [0.05, 0.1) is 18.0 Å². The number of piperazine rings is 1. The Bertz CT molecular complexity index is 702. The van der Waals surface area contributed by atoms with Crippen molar-refractivity contribution in [1.29, 1.82) is 0 Å². The van der Waals surface area contributed by atoms with Crippen LogP contribution >= 0.6 is 0 Å². The second-order valence-electron chi connectivity index (χ2n) is 7.78. The minimum absolute atomic E-state index is 0.0786. The molecule has 156 valence electrons. The van der Waals surface area contributed by atoms with Crippen LogP contribution in [0.5, 0.6) is 5.75 Å². The summed E-state index contributed by atoms with van der Waals surface area (Å²) >= 11 is 0. The molecule has 1 saturated heterocycles. The van der Waals surface area contributed by atoms with Crippen molar-refractivity contribution >= 4 is 23.4 Å². The summed E-state index contributed by atoms with van der Waals surface area (Å²) in [5, 5.41) is 0. The van der Waals surface area contributed by atoms with Crippen molar-refractivity contribution < 1.29 is 23.8 Å². The highest BCUT2D eigenvalue weighted by Gasteiger charge is 2.30. The third kappa shape index (κ3) is 5.94. The first-order valence-corrected chi connectivity index (χ1v) is 9.53. The molecule has 1 aliphatic heterocycles. The molecule has 8 nitrogen and oxygen atoms in total. The first-order valence-electron chi connectivity index (χ1n) is 9.53. The Labute approximate surface area is 166 Å². The fourth-order valence-electron chi connectivity index (χ4n) is 3.04. The van der Waals surface area contributed by atoms with Gasteiger partial charge >= 0.3 is 12.1 Å². The van der Waals surface area contributed by atoms with E-state index < -0.39 is 11.6 Å². The van der Waals surface area contributed by atoms with E-state index in [1.54, 1.807) is 24.0 Å². The Morgan fingerprint density at radius 3 is 2.54 bits per heavy atom. The normalized spacial score (nSPS) is 17.2. The van der Waals surface area contributed by atoms with Gasteiger partial charge in [0, 0.05) is 31.7 Å². The number of nitrogen functional groups attached to an aromatic ring is 1. The average Bonchev–Trinajstić information content (AvgIpc) is 2.59. The molecule has 0 bridgehead atoms. The number of hydrogen-bond donors (Lipinski definition) is 1. The molecular weight excluding hydrogens is 362 g/mol. The number of ether oxygens (including phenoxy) is 3. The molecule has 1 aliphatic rings. The van der Waals surface area contributed by atoms with Gasteiger partial charge in [0.2, 0.25) is 0 Å². The average molecular weight is 393 g/mol. The molecule has 0 aromatic heterocycles. The smallest absolute Gasteiger partial charge is 0.410 e. The van der Waals surface area contributed by atoms with Gasteiger partial charge in [-0.3, -0.25) is 0 Å². The van der Waals surface area contributed by atoms with Crippen LogP contribution in [0, 0.1) is 0 Å². The predicted octanol–water partition coefficient (Wildman–Crippen LogP) is 2.66. The Kier molecular flexibility index (Phi) is 6.99. The summed E-state index contributed by atoms with van der Waals surface area (Å²) in [7, 11) is 0. The van der Waals surface area contributed by atoms with Crippen molar-refractivity contribution in [3.8, 4) is 5.75 Å². The van der Waals surface area contributed by atoms with Crippen molar-refractivity contribution in [2.75, 3.05) is 43.5 Å². The van der Waals surface area contributed by atoms with E-state index in [9.17, 15) is 9.59 Å². The zero-order valence-corrected chi connectivity index (χ0v) is 17.4. The van der Waals surface area contributed by atoms with Crippen LogP contribution in [0.1, 0.15) is 34.6 Å². The lowest BCUT2D eigenvalue weighted by Gasteiger charge is -2.41. The Morgan fingerprint density at radius 2 is 1.96 bits per heavy atom. The summed E-state index contributed by atoms with van der Waals surface area (Å²) < 4.78 is 15.7. The second-order valence-corrected chi connectivity index (χ2v) is 7.78. The third-order valence-corrected chi connectivity index (χ3v) is 4.25. The molecule has 1 aromatic rings. The molecule has 1 fully saturated rings. The van der Waals surface area contributed by atoms with Gasteiger partial charge in [-0.2, -0.15) is 0 Å². The van der Waals surface area contributed by atoms with E-state index in [4.69, 9.17) is 19.9 Å². The second kappa shape index (κ2) is 9.03. The van der Waals surface area contributed by atoms with E-state index in [1.165, 1.54) is 0 Å². The largest absolute Gasteiger partial charge is 0.482 e. The van der Waals surface area contributed by atoms with Crippen molar-refractivity contribution in [2.45, 2.75) is 46.3 Å².